The van der Waals surface area contributed by atoms with Crippen molar-refractivity contribution in [3.63, 3.8) is 0 Å². The van der Waals surface area contributed by atoms with Gasteiger partial charge in [0.1, 0.15) is 11.5 Å². The fourth-order valence-electron chi connectivity index (χ4n) is 4.30. The number of likely N-dealkylation sites (N-methyl/N-ethyl adjacent to an activating group) is 1. The molecule has 6 nitrogen and oxygen atoms in total. The van der Waals surface area contributed by atoms with Gasteiger partial charge in [0, 0.05) is 43.7 Å². The molecule has 26 heavy (non-hydrogen) atoms. The predicted molar refractivity (Wildman–Crippen MR) is 98.7 cm³/mol. The number of rotatable bonds is 5. The number of carbonyl (C=O) groups excluding carboxylic acids is 1. The molecule has 6 heteroatoms. The molecule has 1 amide bonds. The van der Waals surface area contributed by atoms with E-state index in [0.717, 1.165) is 34.4 Å². The summed E-state index contributed by atoms with van der Waals surface area (Å²) in [6.45, 7) is 6.99. The van der Waals surface area contributed by atoms with Crippen LogP contribution in [0.4, 0.5) is 0 Å². The Morgan fingerprint density at radius 3 is 2.65 bits per heavy atom. The van der Waals surface area contributed by atoms with Crippen LogP contribution in [0.2, 0.25) is 0 Å². The number of furan rings is 1. The molecular weight excluding hydrogens is 328 g/mol. The van der Waals surface area contributed by atoms with E-state index < -0.39 is 0 Å². The number of amides is 1. The van der Waals surface area contributed by atoms with E-state index in [1.54, 1.807) is 0 Å². The lowest BCUT2D eigenvalue weighted by molar-refractivity contribution is -0.127. The van der Waals surface area contributed by atoms with Crippen molar-refractivity contribution in [1.82, 2.24) is 20.0 Å². The van der Waals surface area contributed by atoms with Crippen molar-refractivity contribution < 1.29 is 9.21 Å². The van der Waals surface area contributed by atoms with Crippen molar-refractivity contribution in [3.05, 3.63) is 40.6 Å². The maximum atomic E-state index is 12.4. The van der Waals surface area contributed by atoms with E-state index in [0.29, 0.717) is 18.9 Å². The highest BCUT2D eigenvalue weighted by Crippen LogP contribution is 2.47. The highest BCUT2D eigenvalue weighted by atomic mass is 16.3. The van der Waals surface area contributed by atoms with Crippen LogP contribution < -0.4 is 5.32 Å². The third-order valence-corrected chi connectivity index (χ3v) is 6.14. The quantitative estimate of drug-likeness (QED) is 0.895. The molecule has 2 aromatic heterocycles. The van der Waals surface area contributed by atoms with Crippen LogP contribution in [-0.2, 0) is 18.4 Å². The summed E-state index contributed by atoms with van der Waals surface area (Å²) in [5.41, 5.74) is 3.26. The van der Waals surface area contributed by atoms with E-state index in [9.17, 15) is 4.79 Å². The zero-order chi connectivity index (χ0) is 18.6. The molecule has 4 atom stereocenters. The van der Waals surface area contributed by atoms with Crippen LogP contribution >= 0.6 is 0 Å². The maximum absolute atomic E-state index is 12.4. The molecule has 0 aromatic carbocycles. The van der Waals surface area contributed by atoms with Crippen LogP contribution in [0, 0.1) is 19.8 Å². The highest BCUT2D eigenvalue weighted by molar-refractivity contribution is 5.80. The summed E-state index contributed by atoms with van der Waals surface area (Å²) in [4.78, 5) is 14.2. The summed E-state index contributed by atoms with van der Waals surface area (Å²) in [6, 6.07) is 4.23. The highest BCUT2D eigenvalue weighted by Gasteiger charge is 2.41. The van der Waals surface area contributed by atoms with E-state index in [1.807, 2.05) is 30.6 Å². The van der Waals surface area contributed by atoms with Crippen LogP contribution in [0.1, 0.15) is 60.2 Å². The summed E-state index contributed by atoms with van der Waals surface area (Å²) >= 11 is 0. The lowest BCUT2D eigenvalue weighted by Crippen LogP contribution is -2.35. The Balaban J connectivity index is 1.51. The summed E-state index contributed by atoms with van der Waals surface area (Å²) in [6.07, 6.45) is 1.73. The molecule has 140 valence electrons. The minimum Gasteiger partial charge on any atom is -0.464 e. The first kappa shape index (κ1) is 17.3. The Kier molecular flexibility index (Phi) is 4.18. The van der Waals surface area contributed by atoms with Gasteiger partial charge >= 0.3 is 0 Å². The van der Waals surface area contributed by atoms with Crippen molar-refractivity contribution in [2.24, 2.45) is 13.0 Å². The first-order chi connectivity index (χ1) is 12.4. The first-order valence-corrected chi connectivity index (χ1v) is 9.44. The van der Waals surface area contributed by atoms with Gasteiger partial charge in [0.15, 0.2) is 0 Å². The second-order valence-corrected chi connectivity index (χ2v) is 7.97. The van der Waals surface area contributed by atoms with Crippen LogP contribution in [0.3, 0.4) is 0 Å². The Morgan fingerprint density at radius 2 is 2.04 bits per heavy atom. The van der Waals surface area contributed by atoms with Gasteiger partial charge in [0.25, 0.3) is 0 Å². The average Bonchev–Trinajstić information content (AvgIpc) is 2.92. The molecule has 1 aliphatic carbocycles. The summed E-state index contributed by atoms with van der Waals surface area (Å²) in [5.74, 6) is 3.55. The number of nitrogens with zero attached hydrogens (tertiary/aromatic N) is 3. The monoisotopic (exact) mass is 356 g/mol. The van der Waals surface area contributed by atoms with Crippen molar-refractivity contribution in [2.75, 3.05) is 7.05 Å². The van der Waals surface area contributed by atoms with Gasteiger partial charge in [-0.2, -0.15) is 5.10 Å². The molecule has 0 spiro atoms. The fourth-order valence-corrected chi connectivity index (χ4v) is 4.30. The van der Waals surface area contributed by atoms with Crippen LogP contribution in [-0.4, -0.2) is 33.7 Å². The maximum Gasteiger partial charge on any atom is 0.224 e. The topological polar surface area (TPSA) is 63.3 Å². The number of hydrogen-bond donors (Lipinski definition) is 1. The third kappa shape index (κ3) is 2.86. The molecule has 2 aromatic rings. The van der Waals surface area contributed by atoms with E-state index in [2.05, 4.69) is 36.4 Å². The van der Waals surface area contributed by atoms with Gasteiger partial charge in [-0.05, 0) is 38.3 Å². The lowest BCUT2D eigenvalue weighted by atomic mass is 9.98. The number of hydrogen-bond acceptors (Lipinski definition) is 4. The van der Waals surface area contributed by atoms with Gasteiger partial charge in [-0.1, -0.05) is 6.92 Å². The van der Waals surface area contributed by atoms with Gasteiger partial charge in [0.05, 0.1) is 18.3 Å². The number of nitrogens with one attached hydrogen (secondary N) is 1. The third-order valence-electron chi connectivity index (χ3n) is 6.14. The molecule has 3 heterocycles. The number of aryl methyl sites for hydroxylation is 2. The molecular formula is C20H28N4O2. The van der Waals surface area contributed by atoms with E-state index in [4.69, 9.17) is 4.42 Å². The smallest absolute Gasteiger partial charge is 0.224 e. The Bertz CT molecular complexity index is 837. The summed E-state index contributed by atoms with van der Waals surface area (Å²) in [5, 5.41) is 8.10. The summed E-state index contributed by atoms with van der Waals surface area (Å²) < 4.78 is 7.90. The number of likely N-dealkylation sites (tertiary alicyclic amines) is 1. The molecule has 4 rings (SSSR count). The van der Waals surface area contributed by atoms with Crippen molar-refractivity contribution in [3.8, 4) is 0 Å². The molecule has 2 aliphatic rings. The molecule has 1 aliphatic heterocycles. The Labute approximate surface area is 154 Å². The SMILES string of the molecule is Cc1nn(C)c(C)c1[C@H]1[C@H](NCc2ccc([C@@H]3C[C@@H]3C)o2)CC(=O)N1C. The minimum atomic E-state index is 0.00841. The fraction of sp³-hybridized carbons (Fsp3) is 0.600. The molecule has 1 saturated heterocycles. The minimum absolute atomic E-state index is 0.00841. The van der Waals surface area contributed by atoms with Gasteiger partial charge in [-0.3, -0.25) is 9.48 Å². The molecule has 1 N–H and O–H groups in total. The van der Waals surface area contributed by atoms with Crippen molar-refractivity contribution in [1.29, 1.82) is 0 Å². The van der Waals surface area contributed by atoms with E-state index in [1.165, 1.54) is 6.42 Å². The van der Waals surface area contributed by atoms with E-state index in [-0.39, 0.29) is 18.0 Å². The Morgan fingerprint density at radius 1 is 1.31 bits per heavy atom. The van der Waals surface area contributed by atoms with Crippen LogP contribution in [0.15, 0.2) is 16.5 Å². The molecule has 0 unspecified atom stereocenters. The van der Waals surface area contributed by atoms with E-state index >= 15 is 0 Å². The predicted octanol–water partition coefficient (Wildman–Crippen LogP) is 2.81. The lowest BCUT2D eigenvalue weighted by Gasteiger charge is -2.26. The second-order valence-electron chi connectivity index (χ2n) is 7.97. The van der Waals surface area contributed by atoms with Crippen molar-refractivity contribution in [2.45, 2.75) is 58.2 Å². The van der Waals surface area contributed by atoms with Gasteiger partial charge in [-0.15, -0.1) is 0 Å². The van der Waals surface area contributed by atoms with Crippen molar-refractivity contribution >= 4 is 5.91 Å². The summed E-state index contributed by atoms with van der Waals surface area (Å²) in [7, 11) is 3.84. The Hall–Kier alpha value is -2.08. The molecule has 0 bridgehead atoms. The van der Waals surface area contributed by atoms with Crippen LogP contribution in [0.25, 0.3) is 0 Å². The van der Waals surface area contributed by atoms with Gasteiger partial charge < -0.3 is 14.6 Å². The largest absolute Gasteiger partial charge is 0.464 e. The average molecular weight is 356 g/mol. The number of carbonyl (C=O) groups is 1. The standard InChI is InChI=1S/C20H28N4O2/c1-11-8-15(11)17-7-6-14(26-17)10-21-16-9-18(25)23(4)20(16)19-12(2)22-24(5)13(19)3/h6-7,11,15-16,20-21H,8-10H2,1-5H3/t11-,15+,16+,20+/m0/s1. The number of aromatic nitrogens is 2. The zero-order valence-corrected chi connectivity index (χ0v) is 16.2. The zero-order valence-electron chi connectivity index (χ0n) is 16.2. The molecule has 1 saturated carbocycles. The molecule has 2 fully saturated rings. The molecule has 0 radical (unpaired) electrons. The van der Waals surface area contributed by atoms with Gasteiger partial charge in [-0.25, -0.2) is 0 Å². The first-order valence-electron chi connectivity index (χ1n) is 9.44. The van der Waals surface area contributed by atoms with Crippen LogP contribution in [0.5, 0.6) is 0 Å². The normalized spacial score (nSPS) is 28.2. The van der Waals surface area contributed by atoms with Gasteiger partial charge in [0.2, 0.25) is 5.91 Å². The second kappa shape index (κ2) is 6.27.